The summed E-state index contributed by atoms with van der Waals surface area (Å²) in [4.78, 5) is 22.3. The Morgan fingerprint density at radius 2 is 2.05 bits per heavy atom. The van der Waals surface area contributed by atoms with Crippen molar-refractivity contribution < 1.29 is 19.4 Å². The molecule has 0 aliphatic carbocycles. The summed E-state index contributed by atoms with van der Waals surface area (Å²) < 4.78 is 5.58. The van der Waals surface area contributed by atoms with E-state index in [1.165, 1.54) is 0 Å². The second kappa shape index (κ2) is 9.00. The van der Waals surface area contributed by atoms with E-state index in [1.54, 1.807) is 18.2 Å². The van der Waals surface area contributed by atoms with Crippen LogP contribution in [0.3, 0.4) is 0 Å². The summed E-state index contributed by atoms with van der Waals surface area (Å²) in [6.07, 6.45) is 1.35. The first-order valence-corrected chi connectivity index (χ1v) is 7.22. The molecular formula is C16H23NO4. The van der Waals surface area contributed by atoms with Gasteiger partial charge in [0.2, 0.25) is 0 Å². The van der Waals surface area contributed by atoms with Crippen LogP contribution < -0.4 is 10.1 Å². The quantitative estimate of drug-likeness (QED) is 0.686. The average molecular weight is 293 g/mol. The largest absolute Gasteiger partial charge is 0.493 e. The van der Waals surface area contributed by atoms with Crippen molar-refractivity contribution >= 4 is 11.9 Å². The fourth-order valence-electron chi connectivity index (χ4n) is 1.70. The Kier molecular flexibility index (Phi) is 7.29. The molecule has 0 aliphatic heterocycles. The van der Waals surface area contributed by atoms with Crippen molar-refractivity contribution in [2.75, 3.05) is 13.2 Å². The molecule has 0 aromatic heterocycles. The van der Waals surface area contributed by atoms with Gasteiger partial charge in [-0.1, -0.05) is 19.9 Å². The molecule has 0 saturated carbocycles. The molecule has 1 aromatic rings. The molecular weight excluding hydrogens is 270 g/mol. The number of benzene rings is 1. The minimum absolute atomic E-state index is 0.133. The third-order valence-electron chi connectivity index (χ3n) is 2.78. The molecule has 0 spiro atoms. The normalized spacial score (nSPS) is 10.4. The first-order valence-electron chi connectivity index (χ1n) is 7.22. The maximum atomic E-state index is 11.9. The van der Waals surface area contributed by atoms with Gasteiger partial charge < -0.3 is 15.2 Å². The van der Waals surface area contributed by atoms with Gasteiger partial charge in [-0.15, -0.1) is 0 Å². The predicted octanol–water partition coefficient (Wildman–Crippen LogP) is 2.71. The van der Waals surface area contributed by atoms with Crippen LogP contribution in [0.4, 0.5) is 0 Å². The van der Waals surface area contributed by atoms with E-state index in [0.29, 0.717) is 43.2 Å². The maximum Gasteiger partial charge on any atom is 0.303 e. The lowest BCUT2D eigenvalue weighted by molar-refractivity contribution is -0.137. The van der Waals surface area contributed by atoms with E-state index >= 15 is 0 Å². The van der Waals surface area contributed by atoms with Gasteiger partial charge >= 0.3 is 5.97 Å². The Morgan fingerprint density at radius 1 is 1.29 bits per heavy atom. The van der Waals surface area contributed by atoms with Crippen molar-refractivity contribution in [3.8, 4) is 5.75 Å². The molecule has 0 fully saturated rings. The second-order valence-corrected chi connectivity index (χ2v) is 5.34. The smallest absolute Gasteiger partial charge is 0.303 e. The van der Waals surface area contributed by atoms with Gasteiger partial charge in [0.15, 0.2) is 0 Å². The maximum absolute atomic E-state index is 11.9. The topological polar surface area (TPSA) is 75.6 Å². The lowest BCUT2D eigenvalue weighted by Crippen LogP contribution is -2.24. The third-order valence-corrected chi connectivity index (χ3v) is 2.78. The Morgan fingerprint density at radius 3 is 2.71 bits per heavy atom. The van der Waals surface area contributed by atoms with E-state index in [2.05, 4.69) is 19.2 Å². The third kappa shape index (κ3) is 7.34. The number of aliphatic carboxylic acids is 1. The molecule has 0 saturated heterocycles. The van der Waals surface area contributed by atoms with E-state index in [9.17, 15) is 9.59 Å². The van der Waals surface area contributed by atoms with Crippen LogP contribution in [-0.2, 0) is 4.79 Å². The fourth-order valence-corrected chi connectivity index (χ4v) is 1.70. The molecule has 0 atom stereocenters. The first kappa shape index (κ1) is 17.0. The van der Waals surface area contributed by atoms with Crippen molar-refractivity contribution in [1.29, 1.82) is 0 Å². The van der Waals surface area contributed by atoms with E-state index < -0.39 is 5.97 Å². The number of hydrogen-bond donors (Lipinski definition) is 2. The highest BCUT2D eigenvalue weighted by Crippen LogP contribution is 2.14. The monoisotopic (exact) mass is 293 g/mol. The molecule has 0 radical (unpaired) electrons. The zero-order valence-electron chi connectivity index (χ0n) is 12.6. The summed E-state index contributed by atoms with van der Waals surface area (Å²) in [5.74, 6) is 0.135. The summed E-state index contributed by atoms with van der Waals surface area (Å²) in [5, 5.41) is 11.3. The highest BCUT2D eigenvalue weighted by Gasteiger charge is 2.07. The zero-order chi connectivity index (χ0) is 15.7. The number of carboxylic acids is 1. The molecule has 0 unspecified atom stereocenters. The van der Waals surface area contributed by atoms with Crippen LogP contribution in [0.15, 0.2) is 24.3 Å². The van der Waals surface area contributed by atoms with E-state index in [1.807, 2.05) is 6.07 Å². The molecule has 116 valence electrons. The Balaban J connectivity index is 2.39. The molecule has 2 N–H and O–H groups in total. The van der Waals surface area contributed by atoms with Crippen LogP contribution in [0.25, 0.3) is 0 Å². The van der Waals surface area contributed by atoms with E-state index in [-0.39, 0.29) is 12.3 Å². The van der Waals surface area contributed by atoms with Gasteiger partial charge in [0.1, 0.15) is 5.75 Å². The Hall–Kier alpha value is -2.04. The van der Waals surface area contributed by atoms with E-state index in [0.717, 1.165) is 0 Å². The number of hydrogen-bond acceptors (Lipinski definition) is 3. The van der Waals surface area contributed by atoms with Crippen LogP contribution in [0.2, 0.25) is 0 Å². The van der Waals surface area contributed by atoms with Crippen molar-refractivity contribution in [3.63, 3.8) is 0 Å². The molecule has 1 rings (SSSR count). The number of ether oxygens (including phenoxy) is 1. The summed E-state index contributed by atoms with van der Waals surface area (Å²) in [5.41, 5.74) is 0.550. The van der Waals surface area contributed by atoms with Crippen LogP contribution in [0.5, 0.6) is 5.75 Å². The predicted molar refractivity (Wildman–Crippen MR) is 80.6 cm³/mol. The molecule has 0 heterocycles. The Bertz CT molecular complexity index is 471. The molecule has 0 bridgehead atoms. The molecule has 5 heteroatoms. The standard InChI is InChI=1S/C16H23NO4/c1-12(2)11-21-14-7-5-6-13(10-14)16(20)17-9-4-3-8-15(18)19/h5-7,10,12H,3-4,8-9,11H2,1-2H3,(H,17,20)(H,18,19). The highest BCUT2D eigenvalue weighted by atomic mass is 16.5. The number of carbonyl (C=O) groups excluding carboxylic acids is 1. The van der Waals surface area contributed by atoms with Gasteiger partial charge in [-0.2, -0.15) is 0 Å². The summed E-state index contributed by atoms with van der Waals surface area (Å²) in [7, 11) is 0. The van der Waals surface area contributed by atoms with Crippen molar-refractivity contribution in [3.05, 3.63) is 29.8 Å². The summed E-state index contributed by atoms with van der Waals surface area (Å²) in [6, 6.07) is 7.06. The van der Waals surface area contributed by atoms with Gasteiger partial charge in [-0.3, -0.25) is 9.59 Å². The molecule has 1 amide bonds. The number of carboxylic acid groups (broad SMARTS) is 1. The summed E-state index contributed by atoms with van der Waals surface area (Å²) >= 11 is 0. The van der Waals surface area contributed by atoms with Gasteiger partial charge in [0.05, 0.1) is 6.61 Å². The SMILES string of the molecule is CC(C)COc1cccc(C(=O)NCCCCC(=O)O)c1. The zero-order valence-corrected chi connectivity index (χ0v) is 12.6. The molecule has 1 aromatic carbocycles. The number of rotatable bonds is 9. The lowest BCUT2D eigenvalue weighted by atomic mass is 10.2. The summed E-state index contributed by atoms with van der Waals surface area (Å²) in [6.45, 7) is 5.21. The van der Waals surface area contributed by atoms with Crippen LogP contribution in [0.1, 0.15) is 43.5 Å². The average Bonchev–Trinajstić information content (AvgIpc) is 2.44. The van der Waals surface area contributed by atoms with Crippen LogP contribution in [0, 0.1) is 5.92 Å². The number of unbranched alkanes of at least 4 members (excludes halogenated alkanes) is 1. The van der Waals surface area contributed by atoms with Gasteiger partial charge in [0.25, 0.3) is 5.91 Å². The molecule has 0 aliphatic rings. The first-order chi connectivity index (χ1) is 9.99. The van der Waals surface area contributed by atoms with Crippen molar-refractivity contribution in [2.45, 2.75) is 33.1 Å². The van der Waals surface area contributed by atoms with Gasteiger partial charge in [-0.05, 0) is 37.0 Å². The minimum Gasteiger partial charge on any atom is -0.493 e. The van der Waals surface area contributed by atoms with Gasteiger partial charge in [0, 0.05) is 18.5 Å². The number of nitrogens with one attached hydrogen (secondary N) is 1. The molecule has 21 heavy (non-hydrogen) atoms. The van der Waals surface area contributed by atoms with E-state index in [4.69, 9.17) is 9.84 Å². The Labute approximate surface area is 125 Å². The van der Waals surface area contributed by atoms with Crippen molar-refractivity contribution in [1.82, 2.24) is 5.32 Å². The minimum atomic E-state index is -0.809. The lowest BCUT2D eigenvalue weighted by Gasteiger charge is -2.10. The fraction of sp³-hybridized carbons (Fsp3) is 0.500. The highest BCUT2D eigenvalue weighted by molar-refractivity contribution is 5.94. The molecule has 5 nitrogen and oxygen atoms in total. The number of amides is 1. The van der Waals surface area contributed by atoms with Crippen LogP contribution >= 0.6 is 0 Å². The van der Waals surface area contributed by atoms with Crippen molar-refractivity contribution in [2.24, 2.45) is 5.92 Å². The number of carbonyl (C=O) groups is 2. The van der Waals surface area contributed by atoms with Gasteiger partial charge in [-0.25, -0.2) is 0 Å². The van der Waals surface area contributed by atoms with Crippen LogP contribution in [-0.4, -0.2) is 30.1 Å². The second-order valence-electron chi connectivity index (χ2n) is 5.34.